The first-order valence-corrected chi connectivity index (χ1v) is 7.52. The van der Waals surface area contributed by atoms with Crippen LogP contribution in [0.5, 0.6) is 0 Å². The van der Waals surface area contributed by atoms with E-state index in [0.717, 1.165) is 12.1 Å². The molecule has 20 heavy (non-hydrogen) atoms. The lowest BCUT2D eigenvalue weighted by atomic mass is 9.76. The number of benzene rings is 1. The smallest absolute Gasteiger partial charge is 0.270 e. The van der Waals surface area contributed by atoms with Gasteiger partial charge in [-0.25, -0.2) is 0 Å². The zero-order valence-corrected chi connectivity index (χ0v) is 12.6. The summed E-state index contributed by atoms with van der Waals surface area (Å²) >= 11 is 6.09. The highest BCUT2D eigenvalue weighted by atomic mass is 35.5. The normalized spacial score (nSPS) is 17.9. The molecule has 0 aliphatic heterocycles. The number of non-ortho nitro benzene ring substituents is 1. The van der Waals surface area contributed by atoms with Gasteiger partial charge in [-0.3, -0.25) is 10.1 Å². The van der Waals surface area contributed by atoms with Gasteiger partial charge >= 0.3 is 0 Å². The molecular weight excluding hydrogens is 276 g/mol. The number of nitrogens with one attached hydrogen (secondary N) is 1. The van der Waals surface area contributed by atoms with Crippen molar-refractivity contribution in [2.45, 2.75) is 45.6 Å². The highest BCUT2D eigenvalue weighted by molar-refractivity contribution is 6.31. The van der Waals surface area contributed by atoms with E-state index in [-0.39, 0.29) is 5.69 Å². The number of hydrogen-bond donors (Lipinski definition) is 1. The largest absolute Gasteiger partial charge is 0.312 e. The van der Waals surface area contributed by atoms with Crippen LogP contribution >= 0.6 is 11.6 Å². The Kier molecular flexibility index (Phi) is 5.00. The monoisotopic (exact) mass is 296 g/mol. The van der Waals surface area contributed by atoms with Gasteiger partial charge < -0.3 is 5.32 Å². The van der Waals surface area contributed by atoms with Gasteiger partial charge in [0.2, 0.25) is 0 Å². The maximum Gasteiger partial charge on any atom is 0.270 e. The average Bonchev–Trinajstić information content (AvgIpc) is 2.41. The Morgan fingerprint density at radius 3 is 2.65 bits per heavy atom. The minimum absolute atomic E-state index is 0.0398. The Hall–Kier alpha value is -1.13. The third-order valence-corrected chi connectivity index (χ3v) is 4.53. The molecule has 1 N–H and O–H groups in total. The predicted octanol–water partition coefficient (Wildman–Crippen LogP) is 4.31. The van der Waals surface area contributed by atoms with E-state index in [0.29, 0.717) is 17.0 Å². The van der Waals surface area contributed by atoms with Crippen molar-refractivity contribution in [3.8, 4) is 0 Å². The van der Waals surface area contributed by atoms with Gasteiger partial charge in [-0.15, -0.1) is 0 Å². The Bertz CT molecular complexity index is 485. The van der Waals surface area contributed by atoms with Crippen LogP contribution in [0.2, 0.25) is 5.02 Å². The van der Waals surface area contributed by atoms with Crippen molar-refractivity contribution in [1.82, 2.24) is 5.32 Å². The zero-order valence-electron chi connectivity index (χ0n) is 11.8. The van der Waals surface area contributed by atoms with Crippen molar-refractivity contribution < 1.29 is 4.92 Å². The van der Waals surface area contributed by atoms with Crippen LogP contribution in [0, 0.1) is 15.5 Å². The molecule has 2 rings (SSSR count). The molecule has 0 radical (unpaired) electrons. The molecule has 1 saturated carbocycles. The summed E-state index contributed by atoms with van der Waals surface area (Å²) < 4.78 is 0. The van der Waals surface area contributed by atoms with E-state index in [9.17, 15) is 10.1 Å². The first kappa shape index (κ1) is 15.3. The van der Waals surface area contributed by atoms with Crippen LogP contribution < -0.4 is 5.32 Å². The summed E-state index contributed by atoms with van der Waals surface area (Å²) in [6.07, 6.45) is 6.53. The van der Waals surface area contributed by atoms with Gasteiger partial charge in [-0.2, -0.15) is 0 Å². The minimum Gasteiger partial charge on any atom is -0.312 e. The SMILES string of the molecule is CC1(CNCc2ccc([N+](=O)[O-])cc2Cl)CCCCC1. The van der Waals surface area contributed by atoms with Crippen LogP contribution in [0.3, 0.4) is 0 Å². The quantitative estimate of drug-likeness (QED) is 0.651. The van der Waals surface area contributed by atoms with Crippen LogP contribution in [0.15, 0.2) is 18.2 Å². The Labute approximate surface area is 124 Å². The van der Waals surface area contributed by atoms with Crippen molar-refractivity contribution in [3.05, 3.63) is 38.9 Å². The highest BCUT2D eigenvalue weighted by Gasteiger charge is 2.26. The average molecular weight is 297 g/mol. The number of nitrogens with zero attached hydrogens (tertiary/aromatic N) is 1. The molecule has 0 spiro atoms. The van der Waals surface area contributed by atoms with Crippen LogP contribution in [0.25, 0.3) is 0 Å². The second-order valence-electron chi connectivity index (χ2n) is 6.01. The lowest BCUT2D eigenvalue weighted by Crippen LogP contribution is -2.33. The molecule has 5 heteroatoms. The molecule has 4 nitrogen and oxygen atoms in total. The van der Waals surface area contributed by atoms with Gasteiger partial charge in [0.15, 0.2) is 0 Å². The molecule has 1 aliphatic rings. The first-order valence-electron chi connectivity index (χ1n) is 7.14. The van der Waals surface area contributed by atoms with Gasteiger partial charge in [0.25, 0.3) is 5.69 Å². The Morgan fingerprint density at radius 2 is 2.05 bits per heavy atom. The topological polar surface area (TPSA) is 55.2 Å². The van der Waals surface area contributed by atoms with Gasteiger partial charge in [0, 0.05) is 25.2 Å². The maximum absolute atomic E-state index is 10.7. The summed E-state index contributed by atoms with van der Waals surface area (Å²) in [6, 6.07) is 4.66. The van der Waals surface area contributed by atoms with Crippen LogP contribution in [0.4, 0.5) is 5.69 Å². The number of nitro benzene ring substituents is 1. The molecular formula is C15H21ClN2O2. The van der Waals surface area contributed by atoms with Gasteiger partial charge in [0.1, 0.15) is 0 Å². The van der Waals surface area contributed by atoms with E-state index in [4.69, 9.17) is 11.6 Å². The maximum atomic E-state index is 10.7. The van der Waals surface area contributed by atoms with E-state index in [2.05, 4.69) is 12.2 Å². The second-order valence-corrected chi connectivity index (χ2v) is 6.41. The van der Waals surface area contributed by atoms with Crippen LogP contribution in [-0.2, 0) is 6.54 Å². The molecule has 0 aromatic heterocycles. The Morgan fingerprint density at radius 1 is 1.35 bits per heavy atom. The number of hydrogen-bond acceptors (Lipinski definition) is 3. The summed E-state index contributed by atoms with van der Waals surface area (Å²) in [5.41, 5.74) is 1.33. The molecule has 0 bridgehead atoms. The molecule has 0 atom stereocenters. The van der Waals surface area contributed by atoms with Gasteiger partial charge in [-0.1, -0.05) is 37.8 Å². The molecule has 1 aromatic rings. The fourth-order valence-electron chi connectivity index (χ4n) is 2.87. The minimum atomic E-state index is -0.424. The van der Waals surface area contributed by atoms with Gasteiger partial charge in [-0.05, 0) is 29.9 Å². The van der Waals surface area contributed by atoms with E-state index >= 15 is 0 Å². The van der Waals surface area contributed by atoms with Crippen molar-refractivity contribution in [2.24, 2.45) is 5.41 Å². The van der Waals surface area contributed by atoms with Crippen molar-refractivity contribution >= 4 is 17.3 Å². The summed E-state index contributed by atoms with van der Waals surface area (Å²) in [6.45, 7) is 3.96. The van der Waals surface area contributed by atoms with E-state index in [1.54, 1.807) is 6.07 Å². The third kappa shape index (κ3) is 3.93. The molecule has 110 valence electrons. The predicted molar refractivity (Wildman–Crippen MR) is 81.0 cm³/mol. The summed E-state index contributed by atoms with van der Waals surface area (Å²) in [5, 5.41) is 14.6. The molecule has 0 saturated heterocycles. The standard InChI is InChI=1S/C15H21ClN2O2/c1-15(7-3-2-4-8-15)11-17-10-12-5-6-13(18(19)20)9-14(12)16/h5-6,9,17H,2-4,7-8,10-11H2,1H3. The third-order valence-electron chi connectivity index (χ3n) is 4.18. The molecule has 1 fully saturated rings. The number of halogens is 1. The number of rotatable bonds is 5. The van der Waals surface area contributed by atoms with Crippen LogP contribution in [-0.4, -0.2) is 11.5 Å². The highest BCUT2D eigenvalue weighted by Crippen LogP contribution is 2.35. The zero-order chi connectivity index (χ0) is 14.6. The molecule has 0 heterocycles. The Balaban J connectivity index is 1.89. The second kappa shape index (κ2) is 6.55. The number of nitro groups is 1. The van der Waals surface area contributed by atoms with E-state index in [1.165, 1.54) is 44.2 Å². The molecule has 0 amide bonds. The van der Waals surface area contributed by atoms with Crippen molar-refractivity contribution in [2.75, 3.05) is 6.54 Å². The van der Waals surface area contributed by atoms with Gasteiger partial charge in [0.05, 0.1) is 9.95 Å². The van der Waals surface area contributed by atoms with Crippen LogP contribution in [0.1, 0.15) is 44.6 Å². The molecule has 1 aliphatic carbocycles. The first-order chi connectivity index (χ1) is 9.50. The fourth-order valence-corrected chi connectivity index (χ4v) is 3.12. The fraction of sp³-hybridized carbons (Fsp3) is 0.600. The summed E-state index contributed by atoms with van der Waals surface area (Å²) in [4.78, 5) is 10.2. The van der Waals surface area contributed by atoms with E-state index in [1.807, 2.05) is 0 Å². The van der Waals surface area contributed by atoms with Crippen molar-refractivity contribution in [3.63, 3.8) is 0 Å². The van der Waals surface area contributed by atoms with Crippen molar-refractivity contribution in [1.29, 1.82) is 0 Å². The summed E-state index contributed by atoms with van der Waals surface area (Å²) in [5.74, 6) is 0. The lowest BCUT2D eigenvalue weighted by Gasteiger charge is -2.33. The molecule has 0 unspecified atom stereocenters. The lowest BCUT2D eigenvalue weighted by molar-refractivity contribution is -0.384. The summed E-state index contributed by atoms with van der Waals surface area (Å²) in [7, 11) is 0. The molecule has 1 aromatic carbocycles. The van der Waals surface area contributed by atoms with E-state index < -0.39 is 4.92 Å².